The second-order valence-electron chi connectivity index (χ2n) is 5.17. The van der Waals surface area contributed by atoms with Gasteiger partial charge in [-0.25, -0.2) is 9.18 Å². The van der Waals surface area contributed by atoms with Crippen molar-refractivity contribution in [2.75, 3.05) is 11.9 Å². The summed E-state index contributed by atoms with van der Waals surface area (Å²) in [5.74, 6) is -1.52. The summed E-state index contributed by atoms with van der Waals surface area (Å²) in [5, 5.41) is 11.2. The van der Waals surface area contributed by atoms with Crippen LogP contribution in [0.15, 0.2) is 42.5 Å². The molecular weight excluding hydrogens is 363 g/mol. The van der Waals surface area contributed by atoms with E-state index in [0.29, 0.717) is 11.3 Å². The number of hydrogen-bond donors (Lipinski definition) is 1. The summed E-state index contributed by atoms with van der Waals surface area (Å²) in [7, 11) is 0. The van der Waals surface area contributed by atoms with Crippen LogP contribution in [-0.2, 0) is 14.3 Å². The van der Waals surface area contributed by atoms with Gasteiger partial charge in [0, 0.05) is 0 Å². The maximum absolute atomic E-state index is 13.0. The number of carbonyl (C=O) groups is 2. The van der Waals surface area contributed by atoms with Crippen LogP contribution in [0.4, 0.5) is 10.1 Å². The summed E-state index contributed by atoms with van der Waals surface area (Å²) >= 11 is 5.82. The number of rotatable bonds is 6. The lowest BCUT2D eigenvalue weighted by molar-refractivity contribution is -0.155. The molecule has 0 bridgehead atoms. The zero-order chi connectivity index (χ0) is 19.1. The number of carbonyl (C=O) groups excluding carboxylic acids is 2. The van der Waals surface area contributed by atoms with Crippen LogP contribution in [-0.4, -0.2) is 24.6 Å². The summed E-state index contributed by atoms with van der Waals surface area (Å²) in [6.45, 7) is 0.979. The fourth-order valence-electron chi connectivity index (χ4n) is 1.88. The van der Waals surface area contributed by atoms with Crippen LogP contribution >= 0.6 is 11.6 Å². The van der Waals surface area contributed by atoms with Crippen molar-refractivity contribution >= 4 is 29.2 Å². The van der Waals surface area contributed by atoms with E-state index < -0.39 is 30.4 Å². The smallest absolute Gasteiger partial charge is 0.344 e. The summed E-state index contributed by atoms with van der Waals surface area (Å²) in [6, 6.07) is 11.6. The van der Waals surface area contributed by atoms with Crippen molar-refractivity contribution in [2.45, 2.75) is 13.0 Å². The molecule has 2 aromatic carbocycles. The molecule has 0 radical (unpaired) electrons. The van der Waals surface area contributed by atoms with Crippen LogP contribution in [0.2, 0.25) is 5.02 Å². The number of anilines is 1. The third-order valence-electron chi connectivity index (χ3n) is 3.21. The predicted molar refractivity (Wildman–Crippen MR) is 92.2 cm³/mol. The number of hydrogen-bond acceptors (Lipinski definition) is 5. The summed E-state index contributed by atoms with van der Waals surface area (Å²) in [4.78, 5) is 23.8. The molecule has 8 heteroatoms. The van der Waals surface area contributed by atoms with Crippen LogP contribution in [0.25, 0.3) is 0 Å². The van der Waals surface area contributed by atoms with E-state index in [9.17, 15) is 14.0 Å². The lowest BCUT2D eigenvalue weighted by Crippen LogP contribution is -2.31. The van der Waals surface area contributed by atoms with Gasteiger partial charge in [0.15, 0.2) is 12.7 Å². The highest BCUT2D eigenvalue weighted by Crippen LogP contribution is 2.22. The van der Waals surface area contributed by atoms with Gasteiger partial charge in [0.1, 0.15) is 11.6 Å². The van der Waals surface area contributed by atoms with Gasteiger partial charge in [-0.05, 0) is 49.4 Å². The Balaban J connectivity index is 1.83. The van der Waals surface area contributed by atoms with E-state index in [1.54, 1.807) is 24.3 Å². The summed E-state index contributed by atoms with van der Waals surface area (Å²) in [6.07, 6.45) is -1.10. The zero-order valence-electron chi connectivity index (χ0n) is 13.7. The third kappa shape index (κ3) is 5.46. The molecule has 0 unspecified atom stereocenters. The van der Waals surface area contributed by atoms with Crippen molar-refractivity contribution in [1.29, 1.82) is 5.26 Å². The first-order valence-electron chi connectivity index (χ1n) is 7.47. The molecule has 2 aromatic rings. The number of esters is 1. The molecule has 0 aliphatic carbocycles. The fraction of sp³-hybridized carbons (Fsp3) is 0.167. The predicted octanol–water partition coefficient (Wildman–Crippen LogP) is 3.30. The molecule has 6 nitrogen and oxygen atoms in total. The molecule has 0 aliphatic heterocycles. The average Bonchev–Trinajstić information content (AvgIpc) is 2.62. The standard InChI is InChI=1S/C18H14ClFN2O4/c1-11(18(24)22-16-7-4-13(20)8-15(16)19)26-17(23)10-25-14-5-2-12(9-21)3-6-14/h2-8,11H,10H2,1H3,(H,22,24)/t11-/m1/s1. The zero-order valence-corrected chi connectivity index (χ0v) is 14.4. The molecule has 1 N–H and O–H groups in total. The van der Waals surface area contributed by atoms with Gasteiger partial charge in [-0.2, -0.15) is 5.26 Å². The molecule has 26 heavy (non-hydrogen) atoms. The van der Waals surface area contributed by atoms with E-state index >= 15 is 0 Å². The number of ether oxygens (including phenoxy) is 2. The molecule has 0 fully saturated rings. The highest BCUT2D eigenvalue weighted by molar-refractivity contribution is 6.33. The Kier molecular flexibility index (Phi) is 6.53. The van der Waals surface area contributed by atoms with Crippen molar-refractivity contribution in [1.82, 2.24) is 0 Å². The highest BCUT2D eigenvalue weighted by atomic mass is 35.5. The number of nitrogens with zero attached hydrogens (tertiary/aromatic N) is 1. The van der Waals surface area contributed by atoms with Gasteiger partial charge in [0.2, 0.25) is 0 Å². The molecule has 0 saturated carbocycles. The second-order valence-corrected chi connectivity index (χ2v) is 5.58. The maximum atomic E-state index is 13.0. The normalized spacial score (nSPS) is 11.2. The lowest BCUT2D eigenvalue weighted by Gasteiger charge is -2.14. The van der Waals surface area contributed by atoms with Gasteiger partial charge in [0.25, 0.3) is 5.91 Å². The van der Waals surface area contributed by atoms with Crippen molar-refractivity contribution in [2.24, 2.45) is 0 Å². The van der Waals surface area contributed by atoms with E-state index in [-0.39, 0.29) is 10.7 Å². The largest absolute Gasteiger partial charge is 0.482 e. The topological polar surface area (TPSA) is 88.4 Å². The van der Waals surface area contributed by atoms with Gasteiger partial charge < -0.3 is 14.8 Å². The molecule has 0 saturated heterocycles. The van der Waals surface area contributed by atoms with Crippen molar-refractivity contribution < 1.29 is 23.5 Å². The Bertz CT molecular complexity index is 849. The first kappa shape index (κ1) is 19.2. The van der Waals surface area contributed by atoms with Crippen molar-refractivity contribution in [3.63, 3.8) is 0 Å². The Morgan fingerprint density at radius 3 is 2.58 bits per heavy atom. The molecule has 1 atom stereocenters. The molecule has 2 rings (SSSR count). The number of nitriles is 1. The third-order valence-corrected chi connectivity index (χ3v) is 3.52. The SMILES string of the molecule is C[C@@H](OC(=O)COc1ccc(C#N)cc1)C(=O)Nc1ccc(F)cc1Cl. The van der Waals surface area contributed by atoms with Gasteiger partial charge in [-0.3, -0.25) is 4.79 Å². The minimum Gasteiger partial charge on any atom is -0.482 e. The van der Waals surface area contributed by atoms with Crippen LogP contribution in [0, 0.1) is 17.1 Å². The number of nitrogens with one attached hydrogen (secondary N) is 1. The summed E-state index contributed by atoms with van der Waals surface area (Å²) < 4.78 is 23.2. The quantitative estimate of drug-likeness (QED) is 0.781. The van der Waals surface area contributed by atoms with E-state index in [2.05, 4.69) is 5.32 Å². The van der Waals surface area contributed by atoms with E-state index in [4.69, 9.17) is 26.3 Å². The van der Waals surface area contributed by atoms with Crippen LogP contribution in [0.1, 0.15) is 12.5 Å². The van der Waals surface area contributed by atoms with Gasteiger partial charge >= 0.3 is 5.97 Å². The highest BCUT2D eigenvalue weighted by Gasteiger charge is 2.19. The van der Waals surface area contributed by atoms with Gasteiger partial charge in [-0.15, -0.1) is 0 Å². The van der Waals surface area contributed by atoms with E-state index in [0.717, 1.165) is 12.1 Å². The molecule has 0 aliphatic rings. The first-order chi connectivity index (χ1) is 12.4. The second kappa shape index (κ2) is 8.83. The molecular formula is C18H14ClFN2O4. The Labute approximate surface area is 154 Å². The lowest BCUT2D eigenvalue weighted by atomic mass is 10.2. The average molecular weight is 377 g/mol. The number of amides is 1. The van der Waals surface area contributed by atoms with Crippen LogP contribution < -0.4 is 10.1 Å². The molecule has 0 heterocycles. The minimum absolute atomic E-state index is 0.0287. The first-order valence-corrected chi connectivity index (χ1v) is 7.85. The Morgan fingerprint density at radius 1 is 1.27 bits per heavy atom. The Hall–Kier alpha value is -3.11. The van der Waals surface area contributed by atoms with Crippen LogP contribution in [0.5, 0.6) is 5.75 Å². The molecule has 134 valence electrons. The monoisotopic (exact) mass is 376 g/mol. The summed E-state index contributed by atoms with van der Waals surface area (Å²) in [5.41, 5.74) is 0.666. The van der Waals surface area contributed by atoms with E-state index in [1.165, 1.54) is 13.0 Å². The van der Waals surface area contributed by atoms with E-state index in [1.807, 2.05) is 6.07 Å². The molecule has 1 amide bonds. The number of halogens is 2. The van der Waals surface area contributed by atoms with Crippen molar-refractivity contribution in [3.8, 4) is 11.8 Å². The van der Waals surface area contributed by atoms with Crippen molar-refractivity contribution in [3.05, 3.63) is 58.9 Å². The molecule has 0 aromatic heterocycles. The molecule has 0 spiro atoms. The van der Waals surface area contributed by atoms with Crippen LogP contribution in [0.3, 0.4) is 0 Å². The number of benzene rings is 2. The van der Waals surface area contributed by atoms with Gasteiger partial charge in [-0.1, -0.05) is 11.6 Å². The Morgan fingerprint density at radius 2 is 1.96 bits per heavy atom. The minimum atomic E-state index is -1.10. The fourth-order valence-corrected chi connectivity index (χ4v) is 2.09. The maximum Gasteiger partial charge on any atom is 0.344 e. The van der Waals surface area contributed by atoms with Gasteiger partial charge in [0.05, 0.1) is 22.3 Å².